The third-order valence-corrected chi connectivity index (χ3v) is 5.19. The SMILES string of the molecule is Cc1nn(COCCS(C)(C)C)c(C)c1-c1ccc([N+](=O)[O-])cc1. The van der Waals surface area contributed by atoms with Gasteiger partial charge in [0.25, 0.3) is 5.69 Å². The Hall–Kier alpha value is -1.86. The molecule has 24 heavy (non-hydrogen) atoms. The third-order valence-electron chi connectivity index (χ3n) is 3.80. The molecule has 1 heterocycles. The van der Waals surface area contributed by atoms with E-state index >= 15 is 0 Å². The normalized spacial score (nSPS) is 12.4. The molecule has 0 N–H and O–H groups in total. The highest BCUT2D eigenvalue weighted by molar-refractivity contribution is 8.32. The van der Waals surface area contributed by atoms with Crippen LogP contribution in [0.4, 0.5) is 5.69 Å². The second-order valence-electron chi connectivity index (χ2n) is 6.68. The molecule has 2 rings (SSSR count). The number of nitrogens with zero attached hydrogens (tertiary/aromatic N) is 3. The molecule has 7 heteroatoms. The van der Waals surface area contributed by atoms with Crippen LogP contribution in [0.15, 0.2) is 24.3 Å². The fourth-order valence-electron chi connectivity index (χ4n) is 2.45. The van der Waals surface area contributed by atoms with E-state index in [-0.39, 0.29) is 5.69 Å². The minimum Gasteiger partial charge on any atom is -0.358 e. The van der Waals surface area contributed by atoms with E-state index in [2.05, 4.69) is 23.9 Å². The molecule has 0 saturated carbocycles. The van der Waals surface area contributed by atoms with Gasteiger partial charge < -0.3 is 4.74 Å². The zero-order chi connectivity index (χ0) is 17.9. The average molecular weight is 351 g/mol. The summed E-state index contributed by atoms with van der Waals surface area (Å²) in [7, 11) is -0.555. The molecule has 0 aliphatic rings. The number of aromatic nitrogens is 2. The van der Waals surface area contributed by atoms with Crippen molar-refractivity contribution >= 4 is 15.7 Å². The first-order chi connectivity index (χ1) is 11.2. The van der Waals surface area contributed by atoms with E-state index in [1.807, 2.05) is 18.5 Å². The van der Waals surface area contributed by atoms with Crippen LogP contribution in [0.1, 0.15) is 11.4 Å². The second-order valence-corrected chi connectivity index (χ2v) is 11.3. The number of hydrogen-bond acceptors (Lipinski definition) is 4. The zero-order valence-corrected chi connectivity index (χ0v) is 15.7. The van der Waals surface area contributed by atoms with E-state index < -0.39 is 15.0 Å². The van der Waals surface area contributed by atoms with Gasteiger partial charge in [0.2, 0.25) is 0 Å². The zero-order valence-electron chi connectivity index (χ0n) is 14.9. The van der Waals surface area contributed by atoms with Crippen LogP contribution in [-0.2, 0) is 11.5 Å². The summed E-state index contributed by atoms with van der Waals surface area (Å²) in [5.74, 6) is 1.07. The largest absolute Gasteiger partial charge is 0.358 e. The number of nitro benzene ring substituents is 1. The smallest absolute Gasteiger partial charge is 0.269 e. The van der Waals surface area contributed by atoms with Crippen molar-refractivity contribution in [2.45, 2.75) is 20.6 Å². The molecule has 1 aromatic heterocycles. The highest BCUT2D eigenvalue weighted by Gasteiger charge is 2.15. The van der Waals surface area contributed by atoms with Crippen LogP contribution in [0.2, 0.25) is 0 Å². The minimum absolute atomic E-state index is 0.0921. The van der Waals surface area contributed by atoms with Crippen molar-refractivity contribution < 1.29 is 9.66 Å². The lowest BCUT2D eigenvalue weighted by Crippen LogP contribution is -2.11. The molecule has 0 saturated heterocycles. The summed E-state index contributed by atoms with van der Waals surface area (Å²) < 4.78 is 7.61. The van der Waals surface area contributed by atoms with E-state index in [9.17, 15) is 10.1 Å². The number of hydrogen-bond donors (Lipinski definition) is 0. The number of non-ortho nitro benzene ring substituents is 1. The molecule has 1 aromatic carbocycles. The fourth-order valence-corrected chi connectivity index (χ4v) is 3.07. The first-order valence-corrected chi connectivity index (χ1v) is 10.7. The molecule has 0 atom stereocenters. The molecule has 0 aliphatic heterocycles. The number of benzene rings is 1. The number of ether oxygens (including phenoxy) is 1. The number of rotatable bonds is 7. The average Bonchev–Trinajstić information content (AvgIpc) is 2.77. The lowest BCUT2D eigenvalue weighted by molar-refractivity contribution is -0.384. The molecule has 6 nitrogen and oxygen atoms in total. The highest BCUT2D eigenvalue weighted by Crippen LogP contribution is 2.33. The van der Waals surface area contributed by atoms with E-state index in [1.165, 1.54) is 12.1 Å². The van der Waals surface area contributed by atoms with Gasteiger partial charge in [0.1, 0.15) is 6.73 Å². The summed E-state index contributed by atoms with van der Waals surface area (Å²) >= 11 is 0. The van der Waals surface area contributed by atoms with Crippen molar-refractivity contribution in [3.05, 3.63) is 45.8 Å². The number of aryl methyl sites for hydroxylation is 1. The van der Waals surface area contributed by atoms with Crippen molar-refractivity contribution in [1.82, 2.24) is 9.78 Å². The summed E-state index contributed by atoms with van der Waals surface area (Å²) in [6.07, 6.45) is 6.81. The Balaban J connectivity index is 2.12. The van der Waals surface area contributed by atoms with E-state index in [4.69, 9.17) is 4.74 Å². The summed E-state index contributed by atoms with van der Waals surface area (Å²) in [6, 6.07) is 6.58. The summed E-state index contributed by atoms with van der Waals surface area (Å²) in [4.78, 5) is 10.4. The summed E-state index contributed by atoms with van der Waals surface area (Å²) in [5, 5.41) is 15.3. The molecular weight excluding hydrogens is 326 g/mol. The predicted molar refractivity (Wildman–Crippen MR) is 100.0 cm³/mol. The van der Waals surface area contributed by atoms with Gasteiger partial charge in [0.15, 0.2) is 0 Å². The van der Waals surface area contributed by atoms with Gasteiger partial charge in [0, 0.05) is 29.1 Å². The lowest BCUT2D eigenvalue weighted by atomic mass is 10.0. The van der Waals surface area contributed by atoms with Crippen LogP contribution in [0.3, 0.4) is 0 Å². The van der Waals surface area contributed by atoms with Crippen LogP contribution in [0.25, 0.3) is 11.1 Å². The molecule has 0 aliphatic carbocycles. The van der Waals surface area contributed by atoms with Crippen LogP contribution in [0, 0.1) is 24.0 Å². The topological polar surface area (TPSA) is 70.2 Å². The Bertz CT molecular complexity index is 718. The monoisotopic (exact) mass is 351 g/mol. The van der Waals surface area contributed by atoms with Gasteiger partial charge in [-0.15, -0.1) is 0 Å². The first-order valence-electron chi connectivity index (χ1n) is 7.71. The fraction of sp³-hybridized carbons (Fsp3) is 0.471. The van der Waals surface area contributed by atoms with Crippen LogP contribution < -0.4 is 0 Å². The van der Waals surface area contributed by atoms with Crippen LogP contribution >= 0.6 is 10.0 Å². The van der Waals surface area contributed by atoms with Gasteiger partial charge in [-0.3, -0.25) is 10.1 Å². The van der Waals surface area contributed by atoms with Crippen molar-refractivity contribution in [2.24, 2.45) is 0 Å². The van der Waals surface area contributed by atoms with Crippen molar-refractivity contribution in [3.8, 4) is 11.1 Å². The third kappa shape index (κ3) is 4.58. The molecule has 0 bridgehead atoms. The lowest BCUT2D eigenvalue weighted by Gasteiger charge is -2.24. The van der Waals surface area contributed by atoms with Crippen LogP contribution in [-0.4, -0.2) is 45.8 Å². The standard InChI is InChI=1S/C17H25N3O3S/c1-13-17(15-6-8-16(9-7-15)20(21)22)14(2)19(18-13)12-23-10-11-24(3,4)5/h6-9H,10-12H2,1-5H3. The first kappa shape index (κ1) is 18.5. The summed E-state index contributed by atoms with van der Waals surface area (Å²) in [6.45, 7) is 5.09. The van der Waals surface area contributed by atoms with E-state index in [0.717, 1.165) is 34.9 Å². The van der Waals surface area contributed by atoms with Crippen molar-refractivity contribution in [2.75, 3.05) is 31.1 Å². The Morgan fingerprint density at radius 1 is 1.21 bits per heavy atom. The van der Waals surface area contributed by atoms with Gasteiger partial charge in [-0.1, -0.05) is 0 Å². The predicted octanol–water partition coefficient (Wildman–Crippen LogP) is 3.74. The Morgan fingerprint density at radius 3 is 2.38 bits per heavy atom. The Morgan fingerprint density at radius 2 is 1.83 bits per heavy atom. The maximum absolute atomic E-state index is 10.8. The van der Waals surface area contributed by atoms with Gasteiger partial charge in [-0.05, 0) is 50.3 Å². The second kappa shape index (κ2) is 7.36. The van der Waals surface area contributed by atoms with Gasteiger partial charge in [-0.25, -0.2) is 14.7 Å². The molecule has 0 fully saturated rings. The molecule has 0 spiro atoms. The Kier molecular flexibility index (Phi) is 5.66. The van der Waals surface area contributed by atoms with Crippen molar-refractivity contribution in [1.29, 1.82) is 0 Å². The maximum Gasteiger partial charge on any atom is 0.269 e. The van der Waals surface area contributed by atoms with Gasteiger partial charge in [0.05, 0.1) is 17.2 Å². The molecule has 0 unspecified atom stereocenters. The molecule has 0 radical (unpaired) electrons. The Labute approximate surface area is 144 Å². The molecule has 2 aromatic rings. The number of nitro groups is 1. The van der Waals surface area contributed by atoms with E-state index in [0.29, 0.717) is 6.73 Å². The molecule has 0 amide bonds. The van der Waals surface area contributed by atoms with Crippen LogP contribution in [0.5, 0.6) is 0 Å². The molecular formula is C17H25N3O3S. The van der Waals surface area contributed by atoms with Gasteiger partial charge >= 0.3 is 0 Å². The van der Waals surface area contributed by atoms with E-state index in [1.54, 1.807) is 12.1 Å². The van der Waals surface area contributed by atoms with Gasteiger partial charge in [-0.2, -0.15) is 5.10 Å². The highest BCUT2D eigenvalue weighted by atomic mass is 32.3. The minimum atomic E-state index is -0.555. The summed E-state index contributed by atoms with van der Waals surface area (Å²) in [5.41, 5.74) is 3.93. The van der Waals surface area contributed by atoms with Crippen molar-refractivity contribution in [3.63, 3.8) is 0 Å². The quantitative estimate of drug-likeness (QED) is 0.433. The molecule has 132 valence electrons. The maximum atomic E-state index is 10.8.